The van der Waals surface area contributed by atoms with Crippen molar-refractivity contribution in [3.8, 4) is 6.07 Å². The minimum Gasteiger partial charge on any atom is -0.258 e. The molecule has 0 saturated heterocycles. The summed E-state index contributed by atoms with van der Waals surface area (Å²) in [5.74, 6) is 0. The smallest absolute Gasteiger partial charge is 0.258 e. The van der Waals surface area contributed by atoms with Crippen molar-refractivity contribution in [2.75, 3.05) is 0 Å². The van der Waals surface area contributed by atoms with Crippen LogP contribution in [-0.4, -0.2) is 4.92 Å². The second kappa shape index (κ2) is 3.79. The van der Waals surface area contributed by atoms with Crippen LogP contribution in [0.2, 0.25) is 0 Å². The summed E-state index contributed by atoms with van der Waals surface area (Å²) in [6.45, 7) is 0. The monoisotopic (exact) mass is 198 g/mol. The molecule has 0 aliphatic rings. The number of nitro groups is 1. The van der Waals surface area contributed by atoms with Crippen molar-refractivity contribution in [1.82, 2.24) is 0 Å². The Kier molecular flexibility index (Phi) is 2.72. The Morgan fingerprint density at radius 2 is 2.07 bits per heavy atom. The number of nitro benzene ring substituents is 1. The first-order valence-corrected chi connectivity index (χ1v) is 3.52. The average molecular weight is 198 g/mol. The maximum absolute atomic E-state index is 12.2. The quantitative estimate of drug-likeness (QED) is 0.541. The fourth-order valence-corrected chi connectivity index (χ4v) is 0.931. The molecule has 1 aromatic carbocycles. The van der Waals surface area contributed by atoms with E-state index in [-0.39, 0.29) is 5.56 Å². The molecule has 6 heteroatoms. The summed E-state index contributed by atoms with van der Waals surface area (Å²) < 4.78 is 24.4. The van der Waals surface area contributed by atoms with Crippen LogP contribution in [0.1, 0.15) is 17.6 Å². The molecule has 0 atom stereocenters. The predicted molar refractivity (Wildman–Crippen MR) is 42.8 cm³/mol. The zero-order chi connectivity index (χ0) is 10.7. The highest BCUT2D eigenvalue weighted by Gasteiger charge is 2.15. The van der Waals surface area contributed by atoms with E-state index >= 15 is 0 Å². The Labute approximate surface area is 77.5 Å². The van der Waals surface area contributed by atoms with Crippen LogP contribution in [0, 0.1) is 21.4 Å². The third kappa shape index (κ3) is 2.01. The lowest BCUT2D eigenvalue weighted by atomic mass is 10.1. The maximum Gasteiger partial charge on any atom is 0.271 e. The fourth-order valence-electron chi connectivity index (χ4n) is 0.931. The average Bonchev–Trinajstić information content (AvgIpc) is 2.16. The number of non-ortho nitro benzene ring substituents is 1. The van der Waals surface area contributed by atoms with Crippen LogP contribution in [0.15, 0.2) is 18.2 Å². The highest BCUT2D eigenvalue weighted by atomic mass is 19.3. The largest absolute Gasteiger partial charge is 0.271 e. The first-order valence-electron chi connectivity index (χ1n) is 3.52. The van der Waals surface area contributed by atoms with Gasteiger partial charge < -0.3 is 0 Å². The Morgan fingerprint density at radius 1 is 1.43 bits per heavy atom. The van der Waals surface area contributed by atoms with E-state index in [0.29, 0.717) is 0 Å². The molecular weight excluding hydrogens is 194 g/mol. The molecule has 0 amide bonds. The topological polar surface area (TPSA) is 66.9 Å². The zero-order valence-corrected chi connectivity index (χ0v) is 6.78. The summed E-state index contributed by atoms with van der Waals surface area (Å²) in [6, 6.07) is 4.21. The third-order valence-electron chi connectivity index (χ3n) is 1.53. The van der Waals surface area contributed by atoms with Crippen LogP contribution in [0.25, 0.3) is 0 Å². The van der Waals surface area contributed by atoms with Crippen molar-refractivity contribution in [2.45, 2.75) is 6.43 Å². The van der Waals surface area contributed by atoms with E-state index in [1.165, 1.54) is 0 Å². The van der Waals surface area contributed by atoms with Gasteiger partial charge >= 0.3 is 0 Å². The Morgan fingerprint density at radius 3 is 2.50 bits per heavy atom. The van der Waals surface area contributed by atoms with E-state index in [0.717, 1.165) is 18.2 Å². The molecule has 0 fully saturated rings. The molecule has 0 N–H and O–H groups in total. The zero-order valence-electron chi connectivity index (χ0n) is 6.78. The summed E-state index contributed by atoms with van der Waals surface area (Å²) >= 11 is 0. The molecule has 0 unspecified atom stereocenters. The Balaban J connectivity index is 3.29. The minimum absolute atomic E-state index is 0.144. The van der Waals surface area contributed by atoms with Crippen LogP contribution in [0.5, 0.6) is 0 Å². The van der Waals surface area contributed by atoms with Gasteiger partial charge in [0.25, 0.3) is 12.1 Å². The van der Waals surface area contributed by atoms with Crippen LogP contribution in [-0.2, 0) is 0 Å². The molecule has 72 valence electrons. The number of hydrogen-bond donors (Lipinski definition) is 0. The number of nitrogens with zero attached hydrogens (tertiary/aromatic N) is 2. The first kappa shape index (κ1) is 10.1. The lowest BCUT2D eigenvalue weighted by Crippen LogP contribution is -1.93. The van der Waals surface area contributed by atoms with Crippen molar-refractivity contribution in [3.63, 3.8) is 0 Å². The van der Waals surface area contributed by atoms with Crippen molar-refractivity contribution in [1.29, 1.82) is 5.26 Å². The number of nitriles is 1. The second-order valence-corrected chi connectivity index (χ2v) is 2.48. The first-order chi connectivity index (χ1) is 6.54. The molecule has 14 heavy (non-hydrogen) atoms. The molecule has 0 bridgehead atoms. The van der Waals surface area contributed by atoms with E-state index in [4.69, 9.17) is 5.26 Å². The van der Waals surface area contributed by atoms with E-state index in [1.54, 1.807) is 6.07 Å². The third-order valence-corrected chi connectivity index (χ3v) is 1.53. The molecule has 0 spiro atoms. The van der Waals surface area contributed by atoms with Crippen molar-refractivity contribution in [2.24, 2.45) is 0 Å². The molecule has 0 aliphatic heterocycles. The van der Waals surface area contributed by atoms with E-state index in [9.17, 15) is 18.9 Å². The molecule has 0 aromatic heterocycles. The van der Waals surface area contributed by atoms with Crippen LogP contribution in [0.3, 0.4) is 0 Å². The summed E-state index contributed by atoms with van der Waals surface area (Å²) in [7, 11) is 0. The van der Waals surface area contributed by atoms with Gasteiger partial charge in [0.15, 0.2) is 0 Å². The molecule has 1 rings (SSSR count). The van der Waals surface area contributed by atoms with Gasteiger partial charge in [-0.15, -0.1) is 0 Å². The highest BCUT2D eigenvalue weighted by molar-refractivity contribution is 5.44. The van der Waals surface area contributed by atoms with Crippen molar-refractivity contribution in [3.05, 3.63) is 39.4 Å². The van der Waals surface area contributed by atoms with Gasteiger partial charge in [-0.2, -0.15) is 5.26 Å². The van der Waals surface area contributed by atoms with Gasteiger partial charge in [-0.3, -0.25) is 10.1 Å². The maximum atomic E-state index is 12.2. The van der Waals surface area contributed by atoms with Gasteiger partial charge in [0, 0.05) is 17.7 Å². The molecule has 0 saturated carbocycles. The summed E-state index contributed by atoms with van der Waals surface area (Å²) in [5, 5.41) is 18.7. The minimum atomic E-state index is -2.82. The number of halogens is 2. The number of rotatable bonds is 2. The summed E-state index contributed by atoms with van der Waals surface area (Å²) in [5.41, 5.74) is -1.16. The van der Waals surface area contributed by atoms with Gasteiger partial charge in [0.05, 0.1) is 16.6 Å². The SMILES string of the molecule is N#Cc1cc(C(F)F)cc([N+](=O)[O-])c1. The normalized spacial score (nSPS) is 9.86. The van der Waals surface area contributed by atoms with Gasteiger partial charge in [0.1, 0.15) is 0 Å². The predicted octanol–water partition coefficient (Wildman–Crippen LogP) is 2.40. The Bertz CT molecular complexity index is 412. The highest BCUT2D eigenvalue weighted by Crippen LogP contribution is 2.24. The summed E-state index contributed by atoms with van der Waals surface area (Å²) in [6.07, 6.45) is -2.82. The van der Waals surface area contributed by atoms with Gasteiger partial charge in [-0.25, -0.2) is 8.78 Å². The number of hydrogen-bond acceptors (Lipinski definition) is 3. The van der Waals surface area contributed by atoms with E-state index in [2.05, 4.69) is 0 Å². The van der Waals surface area contributed by atoms with E-state index < -0.39 is 22.6 Å². The number of benzene rings is 1. The van der Waals surface area contributed by atoms with Gasteiger partial charge in [-0.1, -0.05) is 0 Å². The lowest BCUT2D eigenvalue weighted by molar-refractivity contribution is -0.385. The Hall–Kier alpha value is -2.03. The van der Waals surface area contributed by atoms with Crippen LogP contribution in [0.4, 0.5) is 14.5 Å². The number of alkyl halides is 2. The van der Waals surface area contributed by atoms with Crippen LogP contribution >= 0.6 is 0 Å². The molecule has 1 aromatic rings. The molecule has 0 radical (unpaired) electrons. The lowest BCUT2D eigenvalue weighted by Gasteiger charge is -1.99. The van der Waals surface area contributed by atoms with Crippen LogP contribution < -0.4 is 0 Å². The summed E-state index contributed by atoms with van der Waals surface area (Å²) in [4.78, 5) is 9.48. The van der Waals surface area contributed by atoms with E-state index in [1.807, 2.05) is 0 Å². The molecule has 0 aliphatic carbocycles. The fraction of sp³-hybridized carbons (Fsp3) is 0.125. The second-order valence-electron chi connectivity index (χ2n) is 2.48. The van der Waals surface area contributed by atoms with Gasteiger partial charge in [-0.05, 0) is 6.07 Å². The van der Waals surface area contributed by atoms with Gasteiger partial charge in [0.2, 0.25) is 0 Å². The van der Waals surface area contributed by atoms with Crippen molar-refractivity contribution < 1.29 is 13.7 Å². The van der Waals surface area contributed by atoms with Crippen molar-refractivity contribution >= 4 is 5.69 Å². The molecule has 0 heterocycles. The molecule has 4 nitrogen and oxygen atoms in total. The standard InChI is InChI=1S/C8H4F2N2O2/c9-8(10)6-1-5(4-11)2-7(3-6)12(13)14/h1-3,8H. The molecular formula is C8H4F2N2O2.